The minimum atomic E-state index is -3.44. The van der Waals surface area contributed by atoms with E-state index in [-0.39, 0.29) is 0 Å². The molecule has 112 valence electrons. The van der Waals surface area contributed by atoms with Crippen molar-refractivity contribution in [2.45, 2.75) is 37.5 Å². The predicted octanol–water partition coefficient (Wildman–Crippen LogP) is 2.19. The minimum absolute atomic E-state index is 0.319. The molecule has 0 aromatic heterocycles. The molecule has 1 aliphatic heterocycles. The zero-order valence-electron chi connectivity index (χ0n) is 11.9. The van der Waals surface area contributed by atoms with Crippen molar-refractivity contribution in [2.24, 2.45) is 0 Å². The number of nitrogens with zero attached hydrogens (tertiary/aromatic N) is 1. The Bertz CT molecular complexity index is 525. The number of sulfonamides is 1. The van der Waals surface area contributed by atoms with Crippen molar-refractivity contribution in [3.05, 3.63) is 24.3 Å². The van der Waals surface area contributed by atoms with Gasteiger partial charge in [0.15, 0.2) is 0 Å². The summed E-state index contributed by atoms with van der Waals surface area (Å²) in [5.41, 5.74) is 3.90. The number of rotatable bonds is 6. The second-order valence-corrected chi connectivity index (χ2v) is 6.79. The van der Waals surface area contributed by atoms with E-state index >= 15 is 0 Å². The van der Waals surface area contributed by atoms with Gasteiger partial charge in [-0.25, -0.2) is 18.1 Å². The standard InChI is InChI=1S/C14H23N3O2S/c1-2-10-15-20(18,19)14-9-5-4-8-13(14)16-17-11-6-3-7-12-17/h4-5,8-9,15-16H,2-3,6-7,10-12H2,1H3. The number of benzene rings is 1. The maximum atomic E-state index is 12.3. The van der Waals surface area contributed by atoms with Crippen LogP contribution in [0.1, 0.15) is 32.6 Å². The van der Waals surface area contributed by atoms with Crippen LogP contribution in [0.2, 0.25) is 0 Å². The molecule has 0 atom stereocenters. The number of anilines is 1. The second-order valence-electron chi connectivity index (χ2n) is 5.05. The molecule has 2 rings (SSSR count). The number of piperidine rings is 1. The average Bonchev–Trinajstić information content (AvgIpc) is 2.47. The van der Waals surface area contributed by atoms with Crippen molar-refractivity contribution < 1.29 is 8.42 Å². The summed E-state index contributed by atoms with van der Waals surface area (Å²) in [7, 11) is -3.44. The molecule has 6 heteroatoms. The smallest absolute Gasteiger partial charge is 0.242 e. The average molecular weight is 297 g/mol. The van der Waals surface area contributed by atoms with E-state index in [1.807, 2.05) is 19.1 Å². The van der Waals surface area contributed by atoms with Gasteiger partial charge in [-0.3, -0.25) is 0 Å². The van der Waals surface area contributed by atoms with Gasteiger partial charge in [-0.2, -0.15) is 0 Å². The molecule has 0 radical (unpaired) electrons. The Morgan fingerprint density at radius 2 is 1.85 bits per heavy atom. The Balaban J connectivity index is 2.17. The Morgan fingerprint density at radius 3 is 2.55 bits per heavy atom. The van der Waals surface area contributed by atoms with Gasteiger partial charge >= 0.3 is 0 Å². The van der Waals surface area contributed by atoms with Crippen LogP contribution in [0, 0.1) is 0 Å². The van der Waals surface area contributed by atoms with E-state index in [9.17, 15) is 8.42 Å². The van der Waals surface area contributed by atoms with Crippen molar-refractivity contribution >= 4 is 15.7 Å². The van der Waals surface area contributed by atoms with Crippen LogP contribution in [0.4, 0.5) is 5.69 Å². The summed E-state index contributed by atoms with van der Waals surface area (Å²) in [4.78, 5) is 0.319. The summed E-state index contributed by atoms with van der Waals surface area (Å²) in [5, 5.41) is 2.09. The first-order valence-electron chi connectivity index (χ1n) is 7.24. The third-order valence-electron chi connectivity index (χ3n) is 3.35. The largest absolute Gasteiger partial charge is 0.318 e. The van der Waals surface area contributed by atoms with E-state index in [0.29, 0.717) is 17.1 Å². The van der Waals surface area contributed by atoms with Crippen LogP contribution >= 0.6 is 0 Å². The van der Waals surface area contributed by atoms with Crippen molar-refractivity contribution in [1.29, 1.82) is 0 Å². The Hall–Kier alpha value is -1.11. The molecular formula is C14H23N3O2S. The van der Waals surface area contributed by atoms with Gasteiger partial charge in [0.1, 0.15) is 4.90 Å². The molecule has 1 aromatic carbocycles. The molecule has 5 nitrogen and oxygen atoms in total. The first kappa shape index (κ1) is 15.3. The first-order valence-corrected chi connectivity index (χ1v) is 8.72. The van der Waals surface area contributed by atoms with Crippen LogP contribution in [0.5, 0.6) is 0 Å². The number of hydrazine groups is 1. The van der Waals surface area contributed by atoms with Gasteiger partial charge in [0, 0.05) is 19.6 Å². The van der Waals surface area contributed by atoms with Gasteiger partial charge in [-0.05, 0) is 31.4 Å². The summed E-state index contributed by atoms with van der Waals surface area (Å²) in [6, 6.07) is 7.06. The normalized spacial score (nSPS) is 17.1. The van der Waals surface area contributed by atoms with Gasteiger partial charge < -0.3 is 5.43 Å². The topological polar surface area (TPSA) is 61.4 Å². The van der Waals surface area contributed by atoms with Gasteiger partial charge in [0.05, 0.1) is 5.69 Å². The number of nitrogens with one attached hydrogen (secondary N) is 2. The molecule has 2 N–H and O–H groups in total. The summed E-state index contributed by atoms with van der Waals surface area (Å²) in [6.07, 6.45) is 4.32. The minimum Gasteiger partial charge on any atom is -0.318 e. The van der Waals surface area contributed by atoms with Crippen LogP contribution in [0.15, 0.2) is 29.2 Å². The molecular weight excluding hydrogens is 274 g/mol. The van der Waals surface area contributed by atoms with E-state index in [0.717, 1.165) is 32.4 Å². The van der Waals surface area contributed by atoms with E-state index in [1.165, 1.54) is 6.42 Å². The molecule has 20 heavy (non-hydrogen) atoms. The van der Waals surface area contributed by atoms with Crippen LogP contribution in [-0.2, 0) is 10.0 Å². The van der Waals surface area contributed by atoms with Gasteiger partial charge in [-0.1, -0.05) is 25.5 Å². The lowest BCUT2D eigenvalue weighted by Gasteiger charge is -2.28. The maximum absolute atomic E-state index is 12.3. The molecule has 1 saturated heterocycles. The van der Waals surface area contributed by atoms with Crippen LogP contribution in [0.3, 0.4) is 0 Å². The molecule has 0 spiro atoms. The third-order valence-corrected chi connectivity index (χ3v) is 4.87. The summed E-state index contributed by atoms with van der Waals surface area (Å²) in [5.74, 6) is 0. The quantitative estimate of drug-likeness (QED) is 0.845. The van der Waals surface area contributed by atoms with Crippen LogP contribution in [-0.4, -0.2) is 33.1 Å². The lowest BCUT2D eigenvalue weighted by molar-refractivity contribution is 0.272. The Morgan fingerprint density at radius 1 is 1.15 bits per heavy atom. The number of hydrogen-bond donors (Lipinski definition) is 2. The monoisotopic (exact) mass is 297 g/mol. The molecule has 0 bridgehead atoms. The van der Waals surface area contributed by atoms with Gasteiger partial charge in [0.2, 0.25) is 10.0 Å². The zero-order valence-corrected chi connectivity index (χ0v) is 12.7. The van der Waals surface area contributed by atoms with Gasteiger partial charge in [0.25, 0.3) is 0 Å². The number of para-hydroxylation sites is 1. The van der Waals surface area contributed by atoms with Gasteiger partial charge in [-0.15, -0.1) is 0 Å². The molecule has 1 heterocycles. The van der Waals surface area contributed by atoms with E-state index in [1.54, 1.807) is 12.1 Å². The molecule has 0 amide bonds. The fraction of sp³-hybridized carbons (Fsp3) is 0.571. The molecule has 1 aromatic rings. The molecule has 0 unspecified atom stereocenters. The van der Waals surface area contributed by atoms with Crippen molar-refractivity contribution in [3.8, 4) is 0 Å². The Labute approximate surface area is 121 Å². The summed E-state index contributed by atoms with van der Waals surface area (Å²) < 4.78 is 27.2. The van der Waals surface area contributed by atoms with E-state index in [4.69, 9.17) is 0 Å². The van der Waals surface area contributed by atoms with Crippen molar-refractivity contribution in [2.75, 3.05) is 25.1 Å². The third kappa shape index (κ3) is 3.94. The highest BCUT2D eigenvalue weighted by Gasteiger charge is 2.19. The lowest BCUT2D eigenvalue weighted by Crippen LogP contribution is -2.36. The van der Waals surface area contributed by atoms with E-state index < -0.39 is 10.0 Å². The predicted molar refractivity (Wildman–Crippen MR) is 81.0 cm³/mol. The van der Waals surface area contributed by atoms with Crippen LogP contribution in [0.25, 0.3) is 0 Å². The van der Waals surface area contributed by atoms with Crippen molar-refractivity contribution in [3.63, 3.8) is 0 Å². The number of hydrogen-bond acceptors (Lipinski definition) is 4. The molecule has 1 fully saturated rings. The highest BCUT2D eigenvalue weighted by Crippen LogP contribution is 2.22. The van der Waals surface area contributed by atoms with Crippen LogP contribution < -0.4 is 10.1 Å². The zero-order chi connectivity index (χ0) is 14.4. The first-order chi connectivity index (χ1) is 9.63. The summed E-state index contributed by atoms with van der Waals surface area (Å²) >= 11 is 0. The van der Waals surface area contributed by atoms with Crippen molar-refractivity contribution in [1.82, 2.24) is 9.73 Å². The second kappa shape index (κ2) is 7.06. The maximum Gasteiger partial charge on any atom is 0.242 e. The highest BCUT2D eigenvalue weighted by molar-refractivity contribution is 7.89. The fourth-order valence-electron chi connectivity index (χ4n) is 2.28. The lowest BCUT2D eigenvalue weighted by atomic mass is 10.2. The molecule has 1 aliphatic rings. The summed E-state index contributed by atoms with van der Waals surface area (Å²) in [6.45, 7) is 4.31. The Kier molecular flexibility index (Phi) is 5.39. The fourth-order valence-corrected chi connectivity index (χ4v) is 3.57. The molecule has 0 aliphatic carbocycles. The van der Waals surface area contributed by atoms with E-state index in [2.05, 4.69) is 15.2 Å². The SMILES string of the molecule is CCCNS(=O)(=O)c1ccccc1NN1CCCCC1. The molecule has 0 saturated carbocycles. The highest BCUT2D eigenvalue weighted by atomic mass is 32.2.